The Kier molecular flexibility index (Phi) is 3.00. The van der Waals surface area contributed by atoms with Gasteiger partial charge in [0.15, 0.2) is 0 Å². The first-order valence-electron chi connectivity index (χ1n) is 4.76. The molecule has 0 bridgehead atoms. The largest absolute Gasteiger partial charge is 0.394 e. The predicted octanol–water partition coefficient (Wildman–Crippen LogP) is 0.565. The third-order valence-corrected chi connectivity index (χ3v) is 2.10. The number of hydrogen-bond donors (Lipinski definition) is 3. The van der Waals surface area contributed by atoms with Gasteiger partial charge in [0.25, 0.3) is 0 Å². The second-order valence-corrected chi connectivity index (χ2v) is 4.30. The second-order valence-electron chi connectivity index (χ2n) is 4.30. The molecular formula is C9H19N5. The Bertz CT molecular complexity index is 297. The molecule has 14 heavy (non-hydrogen) atoms. The third-order valence-electron chi connectivity index (χ3n) is 2.10. The SMILES string of the molecule is CC(C)(N)CCCn1ncc(N)c1N. The first kappa shape index (κ1) is 10.8. The normalized spacial score (nSPS) is 11.9. The summed E-state index contributed by atoms with van der Waals surface area (Å²) in [4.78, 5) is 0. The number of nitrogens with two attached hydrogens (primary N) is 3. The number of nitrogens with zero attached hydrogens (tertiary/aromatic N) is 2. The van der Waals surface area contributed by atoms with Crippen LogP contribution in [-0.4, -0.2) is 15.3 Å². The Morgan fingerprint density at radius 3 is 2.50 bits per heavy atom. The Labute approximate surface area is 84.2 Å². The average molecular weight is 197 g/mol. The fourth-order valence-electron chi connectivity index (χ4n) is 1.27. The summed E-state index contributed by atoms with van der Waals surface area (Å²) in [5, 5.41) is 4.06. The number of rotatable bonds is 4. The van der Waals surface area contributed by atoms with Crippen LogP contribution in [0.15, 0.2) is 6.20 Å². The van der Waals surface area contributed by atoms with Gasteiger partial charge in [0.2, 0.25) is 0 Å². The molecule has 5 heteroatoms. The summed E-state index contributed by atoms with van der Waals surface area (Å²) in [6.45, 7) is 4.78. The van der Waals surface area contributed by atoms with Gasteiger partial charge in [-0.1, -0.05) is 0 Å². The number of anilines is 2. The number of nitrogen functional groups attached to an aromatic ring is 2. The molecule has 0 radical (unpaired) electrons. The standard InChI is InChI=1S/C9H19N5/c1-9(2,12)4-3-5-14-8(11)7(10)6-13-14/h6H,3-5,10-12H2,1-2H3. The van der Waals surface area contributed by atoms with Crippen molar-refractivity contribution in [2.45, 2.75) is 38.8 Å². The van der Waals surface area contributed by atoms with E-state index in [0.717, 1.165) is 19.4 Å². The van der Waals surface area contributed by atoms with Crippen molar-refractivity contribution >= 4 is 11.5 Å². The van der Waals surface area contributed by atoms with Gasteiger partial charge in [0.1, 0.15) is 5.82 Å². The summed E-state index contributed by atoms with van der Waals surface area (Å²) in [5.41, 5.74) is 17.5. The van der Waals surface area contributed by atoms with E-state index < -0.39 is 0 Å². The Balaban J connectivity index is 2.43. The van der Waals surface area contributed by atoms with Gasteiger partial charge in [-0.05, 0) is 26.7 Å². The van der Waals surface area contributed by atoms with Crippen LogP contribution in [0.5, 0.6) is 0 Å². The van der Waals surface area contributed by atoms with Gasteiger partial charge in [0.05, 0.1) is 11.9 Å². The van der Waals surface area contributed by atoms with Crippen LogP contribution in [-0.2, 0) is 6.54 Å². The highest BCUT2D eigenvalue weighted by Gasteiger charge is 2.10. The van der Waals surface area contributed by atoms with E-state index in [9.17, 15) is 0 Å². The van der Waals surface area contributed by atoms with E-state index in [1.54, 1.807) is 10.9 Å². The van der Waals surface area contributed by atoms with Crippen LogP contribution in [0.25, 0.3) is 0 Å². The Morgan fingerprint density at radius 1 is 1.43 bits per heavy atom. The van der Waals surface area contributed by atoms with Crippen LogP contribution in [0.1, 0.15) is 26.7 Å². The summed E-state index contributed by atoms with van der Waals surface area (Å²) in [6.07, 6.45) is 3.46. The minimum atomic E-state index is -0.131. The van der Waals surface area contributed by atoms with Crippen LogP contribution in [0.3, 0.4) is 0 Å². The molecule has 1 rings (SSSR count). The number of aromatic nitrogens is 2. The minimum Gasteiger partial charge on any atom is -0.394 e. The molecule has 0 amide bonds. The van der Waals surface area contributed by atoms with E-state index >= 15 is 0 Å². The molecule has 0 aromatic carbocycles. The number of aryl methyl sites for hydroxylation is 1. The third kappa shape index (κ3) is 2.92. The zero-order valence-corrected chi connectivity index (χ0v) is 8.83. The maximum Gasteiger partial charge on any atom is 0.145 e. The van der Waals surface area contributed by atoms with Gasteiger partial charge in [0, 0.05) is 12.1 Å². The van der Waals surface area contributed by atoms with Gasteiger partial charge in [-0.25, -0.2) is 4.68 Å². The summed E-state index contributed by atoms with van der Waals surface area (Å²) in [6, 6.07) is 0. The lowest BCUT2D eigenvalue weighted by Crippen LogP contribution is -2.31. The summed E-state index contributed by atoms with van der Waals surface area (Å²) in [5.74, 6) is 0.542. The second kappa shape index (κ2) is 3.88. The molecule has 5 nitrogen and oxygen atoms in total. The lowest BCUT2D eigenvalue weighted by atomic mass is 10.0. The summed E-state index contributed by atoms with van der Waals surface area (Å²) >= 11 is 0. The van der Waals surface area contributed by atoms with Crippen molar-refractivity contribution in [2.75, 3.05) is 11.5 Å². The van der Waals surface area contributed by atoms with Gasteiger partial charge in [-0.15, -0.1) is 0 Å². The van der Waals surface area contributed by atoms with Gasteiger partial charge < -0.3 is 17.2 Å². The Hall–Kier alpha value is -1.23. The van der Waals surface area contributed by atoms with E-state index in [0.29, 0.717) is 11.5 Å². The molecule has 0 atom stereocenters. The highest BCUT2D eigenvalue weighted by Crippen LogP contribution is 2.14. The van der Waals surface area contributed by atoms with Gasteiger partial charge in [-0.2, -0.15) is 5.10 Å². The van der Waals surface area contributed by atoms with E-state index in [-0.39, 0.29) is 5.54 Å². The molecule has 0 aliphatic rings. The predicted molar refractivity (Wildman–Crippen MR) is 58.6 cm³/mol. The van der Waals surface area contributed by atoms with E-state index in [1.807, 2.05) is 13.8 Å². The van der Waals surface area contributed by atoms with Gasteiger partial charge >= 0.3 is 0 Å². The van der Waals surface area contributed by atoms with Crippen molar-refractivity contribution in [3.8, 4) is 0 Å². The molecular weight excluding hydrogens is 178 g/mol. The first-order chi connectivity index (χ1) is 6.40. The highest BCUT2D eigenvalue weighted by molar-refractivity contribution is 5.56. The van der Waals surface area contributed by atoms with Crippen molar-refractivity contribution in [1.82, 2.24) is 9.78 Å². The quantitative estimate of drug-likeness (QED) is 0.657. The lowest BCUT2D eigenvalue weighted by Gasteiger charge is -2.17. The lowest BCUT2D eigenvalue weighted by molar-refractivity contribution is 0.429. The van der Waals surface area contributed by atoms with E-state index in [1.165, 1.54) is 0 Å². The van der Waals surface area contributed by atoms with Crippen molar-refractivity contribution < 1.29 is 0 Å². The summed E-state index contributed by atoms with van der Waals surface area (Å²) in [7, 11) is 0. The molecule has 0 aliphatic heterocycles. The molecule has 0 aliphatic carbocycles. The smallest absolute Gasteiger partial charge is 0.145 e. The zero-order chi connectivity index (χ0) is 10.8. The van der Waals surface area contributed by atoms with Crippen molar-refractivity contribution in [1.29, 1.82) is 0 Å². The van der Waals surface area contributed by atoms with E-state index in [2.05, 4.69) is 5.10 Å². The first-order valence-corrected chi connectivity index (χ1v) is 4.76. The fraction of sp³-hybridized carbons (Fsp3) is 0.667. The van der Waals surface area contributed by atoms with Crippen LogP contribution in [0, 0.1) is 0 Å². The molecule has 80 valence electrons. The highest BCUT2D eigenvalue weighted by atomic mass is 15.3. The zero-order valence-electron chi connectivity index (χ0n) is 8.83. The average Bonchev–Trinajstić information content (AvgIpc) is 2.33. The molecule has 1 aromatic rings. The molecule has 0 saturated heterocycles. The molecule has 0 fully saturated rings. The monoisotopic (exact) mass is 197 g/mol. The summed E-state index contributed by atoms with van der Waals surface area (Å²) < 4.78 is 1.71. The molecule has 0 saturated carbocycles. The minimum absolute atomic E-state index is 0.131. The van der Waals surface area contributed by atoms with Crippen LogP contribution >= 0.6 is 0 Å². The molecule has 6 N–H and O–H groups in total. The van der Waals surface area contributed by atoms with Crippen molar-refractivity contribution in [2.24, 2.45) is 5.73 Å². The number of hydrogen-bond acceptors (Lipinski definition) is 4. The maximum absolute atomic E-state index is 5.86. The fourth-order valence-corrected chi connectivity index (χ4v) is 1.27. The van der Waals surface area contributed by atoms with Crippen molar-refractivity contribution in [3.05, 3.63) is 6.20 Å². The van der Waals surface area contributed by atoms with Crippen LogP contribution < -0.4 is 17.2 Å². The van der Waals surface area contributed by atoms with E-state index in [4.69, 9.17) is 17.2 Å². The van der Waals surface area contributed by atoms with Gasteiger partial charge in [-0.3, -0.25) is 0 Å². The van der Waals surface area contributed by atoms with Crippen molar-refractivity contribution in [3.63, 3.8) is 0 Å². The maximum atomic E-state index is 5.86. The van der Waals surface area contributed by atoms with Crippen LogP contribution in [0.4, 0.5) is 11.5 Å². The molecule has 0 unspecified atom stereocenters. The molecule has 1 heterocycles. The molecule has 1 aromatic heterocycles. The topological polar surface area (TPSA) is 95.9 Å². The van der Waals surface area contributed by atoms with Crippen LogP contribution in [0.2, 0.25) is 0 Å². The Morgan fingerprint density at radius 2 is 2.07 bits per heavy atom. The molecule has 0 spiro atoms.